The lowest BCUT2D eigenvalue weighted by Crippen LogP contribution is -1.97. The third-order valence-electron chi connectivity index (χ3n) is 4.19. The number of aromatic nitrogens is 1. The molecule has 0 amide bonds. The number of nitrogen functional groups attached to an aromatic ring is 1. The molecule has 2 N–H and O–H groups in total. The topological polar surface area (TPSA) is 52.0 Å². The molecule has 0 atom stereocenters. The minimum Gasteiger partial charge on any atom is -0.380 e. The molecule has 3 rings (SSSR count). The summed E-state index contributed by atoms with van der Waals surface area (Å²) < 4.78 is 6.49. The van der Waals surface area contributed by atoms with Crippen LogP contribution in [-0.4, -0.2) is 5.16 Å². The zero-order valence-corrected chi connectivity index (χ0v) is 13.0. The van der Waals surface area contributed by atoms with Gasteiger partial charge in [0.15, 0.2) is 5.82 Å². The Kier molecular flexibility index (Phi) is 4.10. The molecule has 1 fully saturated rings. The van der Waals surface area contributed by atoms with E-state index in [9.17, 15) is 0 Å². The Morgan fingerprint density at radius 3 is 2.75 bits per heavy atom. The first-order valence-electron chi connectivity index (χ1n) is 7.24. The zero-order valence-electron chi connectivity index (χ0n) is 11.4. The molecular formula is C16H19BrN2O. The lowest BCUT2D eigenvalue weighted by Gasteiger charge is -2.08. The summed E-state index contributed by atoms with van der Waals surface area (Å²) in [7, 11) is 0. The summed E-state index contributed by atoms with van der Waals surface area (Å²) in [5, 5.41) is 3.96. The van der Waals surface area contributed by atoms with Crippen molar-refractivity contribution in [1.29, 1.82) is 0 Å². The van der Waals surface area contributed by atoms with Gasteiger partial charge in [0.25, 0.3) is 0 Å². The van der Waals surface area contributed by atoms with E-state index >= 15 is 0 Å². The van der Waals surface area contributed by atoms with Gasteiger partial charge < -0.3 is 10.3 Å². The van der Waals surface area contributed by atoms with Crippen LogP contribution in [-0.2, 0) is 6.42 Å². The summed E-state index contributed by atoms with van der Waals surface area (Å²) in [6.45, 7) is 0. The quantitative estimate of drug-likeness (QED) is 0.872. The molecule has 1 aliphatic rings. The van der Waals surface area contributed by atoms with Crippen molar-refractivity contribution in [3.05, 3.63) is 34.5 Å². The maximum Gasteiger partial charge on any atom is 0.175 e. The number of hydrogen-bond acceptors (Lipinski definition) is 3. The van der Waals surface area contributed by atoms with Gasteiger partial charge in [-0.05, 0) is 18.4 Å². The van der Waals surface area contributed by atoms with Crippen LogP contribution in [0.5, 0.6) is 0 Å². The maximum atomic E-state index is 6.00. The van der Waals surface area contributed by atoms with E-state index in [1.54, 1.807) is 0 Å². The van der Waals surface area contributed by atoms with Gasteiger partial charge in [-0.15, -0.1) is 0 Å². The van der Waals surface area contributed by atoms with Crippen molar-refractivity contribution in [1.82, 2.24) is 5.16 Å². The SMILES string of the molecule is Nc1noc(CCC2CCCC2)c1-c1ccccc1Br. The predicted molar refractivity (Wildman–Crippen MR) is 84.3 cm³/mol. The smallest absolute Gasteiger partial charge is 0.175 e. The van der Waals surface area contributed by atoms with E-state index in [0.29, 0.717) is 5.82 Å². The van der Waals surface area contributed by atoms with E-state index in [-0.39, 0.29) is 0 Å². The fourth-order valence-electron chi connectivity index (χ4n) is 3.10. The van der Waals surface area contributed by atoms with Crippen molar-refractivity contribution in [2.75, 3.05) is 5.73 Å². The summed E-state index contributed by atoms with van der Waals surface area (Å²) >= 11 is 3.58. The molecule has 0 spiro atoms. The van der Waals surface area contributed by atoms with Gasteiger partial charge in [0.05, 0.1) is 5.56 Å². The highest BCUT2D eigenvalue weighted by Gasteiger charge is 2.20. The average molecular weight is 335 g/mol. The number of hydrogen-bond donors (Lipinski definition) is 1. The molecular weight excluding hydrogens is 316 g/mol. The molecule has 0 saturated heterocycles. The minimum absolute atomic E-state index is 0.485. The second-order valence-electron chi connectivity index (χ2n) is 5.53. The van der Waals surface area contributed by atoms with Crippen molar-refractivity contribution < 1.29 is 4.52 Å². The van der Waals surface area contributed by atoms with Crippen LogP contribution in [0.15, 0.2) is 33.3 Å². The molecule has 1 heterocycles. The predicted octanol–water partition coefficient (Wildman–Crippen LogP) is 4.81. The van der Waals surface area contributed by atoms with Gasteiger partial charge in [-0.1, -0.05) is 65.0 Å². The number of nitrogens with two attached hydrogens (primary N) is 1. The lowest BCUT2D eigenvalue weighted by atomic mass is 9.97. The second-order valence-corrected chi connectivity index (χ2v) is 6.39. The van der Waals surface area contributed by atoms with Gasteiger partial charge in [-0.25, -0.2) is 0 Å². The van der Waals surface area contributed by atoms with E-state index in [2.05, 4.69) is 21.1 Å². The molecule has 20 heavy (non-hydrogen) atoms. The van der Waals surface area contributed by atoms with Crippen molar-refractivity contribution in [2.45, 2.75) is 38.5 Å². The first-order chi connectivity index (χ1) is 9.75. The minimum atomic E-state index is 0.485. The van der Waals surface area contributed by atoms with Crippen molar-refractivity contribution in [2.24, 2.45) is 5.92 Å². The molecule has 0 bridgehead atoms. The monoisotopic (exact) mass is 334 g/mol. The van der Waals surface area contributed by atoms with Gasteiger partial charge in [0, 0.05) is 16.5 Å². The van der Waals surface area contributed by atoms with Crippen LogP contribution >= 0.6 is 15.9 Å². The Hall–Kier alpha value is -1.29. The molecule has 106 valence electrons. The van der Waals surface area contributed by atoms with Crippen LogP contribution in [0.25, 0.3) is 11.1 Å². The Bertz CT molecular complexity index is 588. The second kappa shape index (κ2) is 6.00. The van der Waals surface area contributed by atoms with Crippen LogP contribution < -0.4 is 5.73 Å². The Labute approximate surface area is 127 Å². The number of nitrogens with zero attached hydrogens (tertiary/aromatic N) is 1. The van der Waals surface area contributed by atoms with Crippen molar-refractivity contribution in [3.63, 3.8) is 0 Å². The lowest BCUT2D eigenvalue weighted by molar-refractivity contribution is 0.370. The fraction of sp³-hybridized carbons (Fsp3) is 0.438. The van der Waals surface area contributed by atoms with Crippen molar-refractivity contribution >= 4 is 21.7 Å². The van der Waals surface area contributed by atoms with Crippen LogP contribution in [0.1, 0.15) is 37.9 Å². The zero-order chi connectivity index (χ0) is 13.9. The summed E-state index contributed by atoms with van der Waals surface area (Å²) in [6, 6.07) is 8.07. The molecule has 1 aliphatic carbocycles. The number of halogens is 1. The molecule has 2 aromatic rings. The molecule has 1 aromatic carbocycles. The summed E-state index contributed by atoms with van der Waals surface area (Å²) in [4.78, 5) is 0. The first-order valence-corrected chi connectivity index (χ1v) is 8.04. The molecule has 0 radical (unpaired) electrons. The average Bonchev–Trinajstić information content (AvgIpc) is 3.07. The number of anilines is 1. The van der Waals surface area contributed by atoms with Crippen LogP contribution in [0, 0.1) is 5.92 Å². The fourth-order valence-corrected chi connectivity index (χ4v) is 3.58. The van der Waals surface area contributed by atoms with Gasteiger partial charge in [-0.2, -0.15) is 0 Å². The van der Waals surface area contributed by atoms with Gasteiger partial charge in [-0.3, -0.25) is 0 Å². The number of rotatable bonds is 4. The van der Waals surface area contributed by atoms with Crippen molar-refractivity contribution in [3.8, 4) is 11.1 Å². The number of aryl methyl sites for hydroxylation is 1. The third-order valence-corrected chi connectivity index (χ3v) is 4.88. The maximum absolute atomic E-state index is 6.00. The first kappa shape index (κ1) is 13.7. The van der Waals surface area contributed by atoms with Crippen LogP contribution in [0.3, 0.4) is 0 Å². The van der Waals surface area contributed by atoms with E-state index in [4.69, 9.17) is 10.3 Å². The summed E-state index contributed by atoms with van der Waals surface area (Å²) in [5.41, 5.74) is 8.02. The van der Waals surface area contributed by atoms with Gasteiger partial charge >= 0.3 is 0 Å². The normalized spacial score (nSPS) is 15.8. The Balaban J connectivity index is 1.84. The Morgan fingerprint density at radius 2 is 2.00 bits per heavy atom. The standard InChI is InChI=1S/C16H19BrN2O/c17-13-8-4-3-7-12(13)15-14(20-19-16(15)18)10-9-11-5-1-2-6-11/h3-4,7-8,11H,1-2,5-6,9-10H2,(H2,18,19). The summed E-state index contributed by atoms with van der Waals surface area (Å²) in [6.07, 6.45) is 7.56. The van der Waals surface area contributed by atoms with E-state index in [0.717, 1.165) is 33.7 Å². The van der Waals surface area contributed by atoms with E-state index in [1.165, 1.54) is 32.1 Å². The molecule has 1 aromatic heterocycles. The molecule has 0 unspecified atom stereocenters. The molecule has 0 aliphatic heterocycles. The highest BCUT2D eigenvalue weighted by atomic mass is 79.9. The highest BCUT2D eigenvalue weighted by Crippen LogP contribution is 2.36. The number of benzene rings is 1. The van der Waals surface area contributed by atoms with Crippen LogP contribution in [0.4, 0.5) is 5.82 Å². The molecule has 3 nitrogen and oxygen atoms in total. The van der Waals surface area contributed by atoms with Crippen LogP contribution in [0.2, 0.25) is 0 Å². The largest absolute Gasteiger partial charge is 0.380 e. The van der Waals surface area contributed by atoms with Gasteiger partial charge in [0.1, 0.15) is 5.76 Å². The summed E-state index contributed by atoms with van der Waals surface area (Å²) in [5.74, 6) is 2.24. The van der Waals surface area contributed by atoms with Gasteiger partial charge in [0.2, 0.25) is 0 Å². The third kappa shape index (κ3) is 2.75. The highest BCUT2D eigenvalue weighted by molar-refractivity contribution is 9.10. The van der Waals surface area contributed by atoms with E-state index in [1.807, 2.05) is 24.3 Å². The molecule has 1 saturated carbocycles. The van der Waals surface area contributed by atoms with E-state index < -0.39 is 0 Å². The Morgan fingerprint density at radius 1 is 1.25 bits per heavy atom. The molecule has 4 heteroatoms.